The molecule has 1 amide bonds. The first-order chi connectivity index (χ1) is 8.18. The molecule has 0 saturated heterocycles. The second kappa shape index (κ2) is 5.01. The lowest BCUT2D eigenvalue weighted by Gasteiger charge is -2.04. The second-order valence-corrected chi connectivity index (χ2v) is 4.22. The van der Waals surface area contributed by atoms with Crippen molar-refractivity contribution in [3.8, 4) is 0 Å². The van der Waals surface area contributed by atoms with Gasteiger partial charge in [-0.1, -0.05) is 22.7 Å². The van der Waals surface area contributed by atoms with Gasteiger partial charge in [-0.05, 0) is 24.5 Å². The monoisotopic (exact) mass is 251 g/mol. The van der Waals surface area contributed by atoms with Crippen molar-refractivity contribution in [3.63, 3.8) is 0 Å². The van der Waals surface area contributed by atoms with Crippen LogP contribution in [-0.2, 0) is 6.54 Å². The fourth-order valence-electron chi connectivity index (χ4n) is 1.34. The van der Waals surface area contributed by atoms with Crippen LogP contribution in [0.5, 0.6) is 0 Å². The van der Waals surface area contributed by atoms with Crippen LogP contribution in [0.3, 0.4) is 0 Å². The van der Waals surface area contributed by atoms with Crippen LogP contribution in [-0.4, -0.2) is 15.5 Å². The van der Waals surface area contributed by atoms with Gasteiger partial charge in [0.25, 0.3) is 5.91 Å². The molecule has 0 unspecified atom stereocenters. The number of aryl methyl sites for hydroxylation is 1. The normalized spacial score (nSPS) is 10.2. The standard InChI is InChI=1S/C11H10FN3OS/c1-7-10(17-15-14-7)11(16)13-6-8-4-2-3-5-9(8)12/h2-5H,6H2,1H3,(H,13,16). The lowest BCUT2D eigenvalue weighted by atomic mass is 10.2. The van der Waals surface area contributed by atoms with E-state index >= 15 is 0 Å². The van der Waals surface area contributed by atoms with Crippen LogP contribution < -0.4 is 5.32 Å². The van der Waals surface area contributed by atoms with E-state index in [1.54, 1.807) is 25.1 Å². The predicted octanol–water partition coefficient (Wildman–Crippen LogP) is 1.92. The summed E-state index contributed by atoms with van der Waals surface area (Å²) in [7, 11) is 0. The highest BCUT2D eigenvalue weighted by molar-refractivity contribution is 7.07. The summed E-state index contributed by atoms with van der Waals surface area (Å²) in [6.07, 6.45) is 0. The van der Waals surface area contributed by atoms with E-state index in [0.29, 0.717) is 16.1 Å². The summed E-state index contributed by atoms with van der Waals surface area (Å²) in [5, 5.41) is 6.38. The molecule has 1 heterocycles. The lowest BCUT2D eigenvalue weighted by Crippen LogP contribution is -2.23. The van der Waals surface area contributed by atoms with Gasteiger partial charge in [0.15, 0.2) is 0 Å². The molecular weight excluding hydrogens is 241 g/mol. The molecule has 2 aromatic rings. The Hall–Kier alpha value is -1.82. The first-order valence-corrected chi connectivity index (χ1v) is 5.76. The Morgan fingerprint density at radius 1 is 1.47 bits per heavy atom. The average molecular weight is 251 g/mol. The first kappa shape index (κ1) is 11.7. The number of carbonyl (C=O) groups is 1. The summed E-state index contributed by atoms with van der Waals surface area (Å²) in [5.74, 6) is -0.604. The van der Waals surface area contributed by atoms with Gasteiger partial charge in [-0.3, -0.25) is 4.79 Å². The van der Waals surface area contributed by atoms with Crippen LogP contribution in [0.25, 0.3) is 0 Å². The number of nitrogens with zero attached hydrogens (tertiary/aromatic N) is 2. The molecule has 0 radical (unpaired) electrons. The van der Waals surface area contributed by atoms with Crippen LogP contribution in [0.2, 0.25) is 0 Å². The first-order valence-electron chi connectivity index (χ1n) is 4.99. The van der Waals surface area contributed by atoms with Crippen LogP contribution in [0.15, 0.2) is 24.3 Å². The lowest BCUT2D eigenvalue weighted by molar-refractivity contribution is 0.0954. The van der Waals surface area contributed by atoms with Gasteiger partial charge in [0.05, 0.1) is 5.69 Å². The van der Waals surface area contributed by atoms with Gasteiger partial charge in [0.1, 0.15) is 10.7 Å². The van der Waals surface area contributed by atoms with Crippen molar-refractivity contribution in [3.05, 3.63) is 46.2 Å². The molecule has 1 N–H and O–H groups in total. The third-order valence-electron chi connectivity index (χ3n) is 2.26. The summed E-state index contributed by atoms with van der Waals surface area (Å²) in [5.41, 5.74) is 1.04. The quantitative estimate of drug-likeness (QED) is 0.906. The molecule has 0 saturated carbocycles. The second-order valence-electron chi connectivity index (χ2n) is 3.46. The highest BCUT2D eigenvalue weighted by atomic mass is 32.1. The summed E-state index contributed by atoms with van der Waals surface area (Å²) in [6, 6.07) is 6.33. The molecule has 0 aliphatic rings. The molecule has 1 aromatic heterocycles. The van der Waals surface area contributed by atoms with Crippen LogP contribution in [0.4, 0.5) is 4.39 Å². The van der Waals surface area contributed by atoms with Crippen LogP contribution in [0, 0.1) is 12.7 Å². The Labute approximate surface area is 102 Å². The van der Waals surface area contributed by atoms with Gasteiger partial charge >= 0.3 is 0 Å². The number of rotatable bonds is 3. The molecule has 4 nitrogen and oxygen atoms in total. The Morgan fingerprint density at radius 3 is 2.88 bits per heavy atom. The van der Waals surface area contributed by atoms with Gasteiger partial charge < -0.3 is 5.32 Å². The van der Waals surface area contributed by atoms with E-state index in [-0.39, 0.29) is 18.3 Å². The van der Waals surface area contributed by atoms with Crippen molar-refractivity contribution in [1.29, 1.82) is 0 Å². The number of aromatic nitrogens is 2. The molecule has 6 heteroatoms. The van der Waals surface area contributed by atoms with Gasteiger partial charge in [-0.15, -0.1) is 5.10 Å². The van der Waals surface area contributed by atoms with Crippen LogP contribution >= 0.6 is 11.5 Å². The molecule has 0 bridgehead atoms. The Morgan fingerprint density at radius 2 is 2.24 bits per heavy atom. The smallest absolute Gasteiger partial charge is 0.265 e. The number of benzene rings is 1. The van der Waals surface area contributed by atoms with Gasteiger partial charge in [-0.25, -0.2) is 4.39 Å². The van der Waals surface area contributed by atoms with Gasteiger partial charge in [0.2, 0.25) is 0 Å². The Bertz CT molecular complexity index is 541. The highest BCUT2D eigenvalue weighted by Gasteiger charge is 2.13. The minimum absolute atomic E-state index is 0.156. The predicted molar refractivity (Wildman–Crippen MR) is 62.2 cm³/mol. The molecular formula is C11H10FN3OS. The molecule has 1 aromatic carbocycles. The number of hydrogen-bond donors (Lipinski definition) is 1. The molecule has 0 aliphatic carbocycles. The van der Waals surface area contributed by atoms with E-state index < -0.39 is 0 Å². The zero-order chi connectivity index (χ0) is 12.3. The fourth-order valence-corrected chi connectivity index (χ4v) is 1.91. The SMILES string of the molecule is Cc1nnsc1C(=O)NCc1ccccc1F. The van der Waals surface area contributed by atoms with E-state index in [1.165, 1.54) is 6.07 Å². The van der Waals surface area contributed by atoms with E-state index in [2.05, 4.69) is 14.9 Å². The number of hydrogen-bond acceptors (Lipinski definition) is 4. The third-order valence-corrected chi connectivity index (χ3v) is 3.08. The van der Waals surface area contributed by atoms with Crippen molar-refractivity contribution in [2.24, 2.45) is 0 Å². The Balaban J connectivity index is 2.02. The molecule has 0 aliphatic heterocycles. The van der Waals surface area contributed by atoms with Crippen molar-refractivity contribution in [1.82, 2.24) is 14.9 Å². The van der Waals surface area contributed by atoms with Gasteiger partial charge in [0, 0.05) is 12.1 Å². The highest BCUT2D eigenvalue weighted by Crippen LogP contribution is 2.10. The van der Waals surface area contributed by atoms with Crippen molar-refractivity contribution >= 4 is 17.4 Å². The molecule has 88 valence electrons. The third kappa shape index (κ3) is 2.65. The van der Waals surface area contributed by atoms with Crippen LogP contribution in [0.1, 0.15) is 20.9 Å². The number of halogens is 1. The summed E-state index contributed by atoms with van der Waals surface area (Å²) in [4.78, 5) is 12.2. The van der Waals surface area contributed by atoms with Crippen molar-refractivity contribution < 1.29 is 9.18 Å². The average Bonchev–Trinajstić information content (AvgIpc) is 2.74. The van der Waals surface area contributed by atoms with E-state index in [4.69, 9.17) is 0 Å². The van der Waals surface area contributed by atoms with Crippen molar-refractivity contribution in [2.75, 3.05) is 0 Å². The maximum absolute atomic E-state index is 13.3. The topological polar surface area (TPSA) is 54.9 Å². The largest absolute Gasteiger partial charge is 0.347 e. The van der Waals surface area contributed by atoms with E-state index in [0.717, 1.165) is 11.5 Å². The molecule has 2 rings (SSSR count). The number of amides is 1. The zero-order valence-corrected chi connectivity index (χ0v) is 9.92. The minimum Gasteiger partial charge on any atom is -0.347 e. The summed E-state index contributed by atoms with van der Waals surface area (Å²) in [6.45, 7) is 1.87. The van der Waals surface area contributed by atoms with Gasteiger partial charge in [-0.2, -0.15) is 0 Å². The maximum atomic E-state index is 13.3. The van der Waals surface area contributed by atoms with E-state index in [9.17, 15) is 9.18 Å². The zero-order valence-electron chi connectivity index (χ0n) is 9.11. The maximum Gasteiger partial charge on any atom is 0.265 e. The molecule has 0 fully saturated rings. The molecule has 0 spiro atoms. The fraction of sp³-hybridized carbons (Fsp3) is 0.182. The number of carbonyl (C=O) groups excluding carboxylic acids is 1. The number of nitrogens with one attached hydrogen (secondary N) is 1. The van der Waals surface area contributed by atoms with E-state index in [1.807, 2.05) is 0 Å². The van der Waals surface area contributed by atoms with Crippen molar-refractivity contribution in [2.45, 2.75) is 13.5 Å². The molecule has 17 heavy (non-hydrogen) atoms. The summed E-state index contributed by atoms with van der Waals surface area (Å²) < 4.78 is 17.0. The Kier molecular flexibility index (Phi) is 3.43. The molecule has 0 atom stereocenters. The summed E-state index contributed by atoms with van der Waals surface area (Å²) >= 11 is 1.03. The minimum atomic E-state index is -0.327.